The van der Waals surface area contributed by atoms with Crippen molar-refractivity contribution in [3.8, 4) is 0 Å². The zero-order valence-corrected chi connectivity index (χ0v) is 7.05. The van der Waals surface area contributed by atoms with Crippen molar-refractivity contribution in [3.05, 3.63) is 12.4 Å². The Morgan fingerprint density at radius 2 is 2.31 bits per heavy atom. The summed E-state index contributed by atoms with van der Waals surface area (Å²) < 4.78 is 0. The number of hydrogen-bond donors (Lipinski definition) is 1. The molecule has 0 aliphatic heterocycles. The molecule has 68 valence electrons. The maximum absolute atomic E-state index is 10.7. The normalized spacial score (nSPS) is 15.4. The molecular formula is C8H10N4O. The van der Waals surface area contributed by atoms with Crippen LogP contribution in [-0.4, -0.2) is 22.4 Å². The Labute approximate surface area is 75.6 Å². The predicted octanol–water partition coefficient (Wildman–Crippen LogP) is 0.184. The topological polar surface area (TPSA) is 72.1 Å². The molecule has 1 fully saturated rings. The Morgan fingerprint density at radius 1 is 1.54 bits per heavy atom. The van der Waals surface area contributed by atoms with E-state index in [0.717, 1.165) is 19.3 Å². The van der Waals surface area contributed by atoms with Crippen LogP contribution in [0.4, 0.5) is 11.6 Å². The van der Waals surface area contributed by atoms with Gasteiger partial charge in [0, 0.05) is 12.1 Å². The molecular weight excluding hydrogens is 168 g/mol. The second-order valence-electron chi connectivity index (χ2n) is 3.04. The van der Waals surface area contributed by atoms with Gasteiger partial charge in [-0.15, -0.1) is 0 Å². The Balaban J connectivity index is 2.26. The molecule has 1 aliphatic carbocycles. The third kappa shape index (κ3) is 1.58. The van der Waals surface area contributed by atoms with Gasteiger partial charge in [0.05, 0.1) is 0 Å². The highest BCUT2D eigenvalue weighted by atomic mass is 16.1. The second-order valence-corrected chi connectivity index (χ2v) is 3.04. The summed E-state index contributed by atoms with van der Waals surface area (Å²) in [6.45, 7) is 0. The van der Waals surface area contributed by atoms with Gasteiger partial charge in [-0.1, -0.05) is 0 Å². The minimum atomic E-state index is 0.312. The van der Waals surface area contributed by atoms with E-state index in [1.54, 1.807) is 11.0 Å². The van der Waals surface area contributed by atoms with Crippen LogP contribution in [0.15, 0.2) is 12.4 Å². The molecule has 0 unspecified atom stereocenters. The lowest BCUT2D eigenvalue weighted by Crippen LogP contribution is -2.24. The van der Waals surface area contributed by atoms with Crippen LogP contribution in [-0.2, 0) is 4.79 Å². The molecule has 1 saturated carbocycles. The fraction of sp³-hybridized carbons (Fsp3) is 0.375. The number of rotatable bonds is 3. The number of aromatic nitrogens is 2. The van der Waals surface area contributed by atoms with Crippen molar-refractivity contribution < 1.29 is 4.79 Å². The number of carbonyl (C=O) groups is 1. The van der Waals surface area contributed by atoms with Crippen molar-refractivity contribution in [2.45, 2.75) is 18.9 Å². The monoisotopic (exact) mass is 178 g/mol. The number of nitrogen functional groups attached to an aromatic ring is 1. The second kappa shape index (κ2) is 3.01. The summed E-state index contributed by atoms with van der Waals surface area (Å²) in [5.74, 6) is 0.975. The third-order valence-corrected chi connectivity index (χ3v) is 1.99. The first kappa shape index (κ1) is 7.97. The molecule has 5 heteroatoms. The smallest absolute Gasteiger partial charge is 0.215 e. The van der Waals surface area contributed by atoms with Gasteiger partial charge in [-0.3, -0.25) is 9.69 Å². The minimum absolute atomic E-state index is 0.312. The fourth-order valence-corrected chi connectivity index (χ4v) is 1.18. The van der Waals surface area contributed by atoms with Crippen molar-refractivity contribution in [2.24, 2.45) is 0 Å². The highest BCUT2D eigenvalue weighted by molar-refractivity contribution is 5.75. The van der Waals surface area contributed by atoms with E-state index in [4.69, 9.17) is 5.73 Å². The van der Waals surface area contributed by atoms with Crippen molar-refractivity contribution >= 4 is 18.0 Å². The maximum Gasteiger partial charge on any atom is 0.215 e. The van der Waals surface area contributed by atoms with Crippen LogP contribution in [0.1, 0.15) is 12.8 Å². The van der Waals surface area contributed by atoms with Crippen LogP contribution in [0.3, 0.4) is 0 Å². The molecule has 0 radical (unpaired) electrons. The molecule has 1 aromatic heterocycles. The van der Waals surface area contributed by atoms with Crippen molar-refractivity contribution in [3.63, 3.8) is 0 Å². The highest BCUT2D eigenvalue weighted by Gasteiger charge is 2.29. The minimum Gasteiger partial charge on any atom is -0.384 e. The Morgan fingerprint density at radius 3 is 2.85 bits per heavy atom. The lowest BCUT2D eigenvalue weighted by molar-refractivity contribution is -0.107. The Hall–Kier alpha value is -1.65. The first-order valence-corrected chi connectivity index (χ1v) is 4.12. The van der Waals surface area contributed by atoms with E-state index in [1.165, 1.54) is 6.33 Å². The molecule has 1 heterocycles. The van der Waals surface area contributed by atoms with Gasteiger partial charge in [-0.25, -0.2) is 9.97 Å². The third-order valence-electron chi connectivity index (χ3n) is 1.99. The van der Waals surface area contributed by atoms with Crippen LogP contribution >= 0.6 is 0 Å². The number of amides is 1. The maximum atomic E-state index is 10.7. The first-order valence-electron chi connectivity index (χ1n) is 4.12. The fourth-order valence-electron chi connectivity index (χ4n) is 1.18. The van der Waals surface area contributed by atoms with E-state index in [0.29, 0.717) is 17.7 Å². The van der Waals surface area contributed by atoms with Crippen LogP contribution < -0.4 is 10.6 Å². The largest absolute Gasteiger partial charge is 0.384 e. The molecule has 1 amide bonds. The van der Waals surface area contributed by atoms with Gasteiger partial charge in [0.25, 0.3) is 0 Å². The predicted molar refractivity (Wildman–Crippen MR) is 48.0 cm³/mol. The van der Waals surface area contributed by atoms with Gasteiger partial charge in [0.1, 0.15) is 18.0 Å². The highest BCUT2D eigenvalue weighted by Crippen LogP contribution is 2.29. The van der Waals surface area contributed by atoms with E-state index >= 15 is 0 Å². The molecule has 5 nitrogen and oxygen atoms in total. The molecule has 0 atom stereocenters. The Kier molecular flexibility index (Phi) is 1.84. The van der Waals surface area contributed by atoms with Crippen molar-refractivity contribution in [1.29, 1.82) is 0 Å². The number of nitrogens with zero attached hydrogens (tertiary/aromatic N) is 3. The van der Waals surface area contributed by atoms with E-state index in [1.807, 2.05) is 0 Å². The molecule has 2 N–H and O–H groups in total. The average Bonchev–Trinajstić information content (AvgIpc) is 2.90. The zero-order chi connectivity index (χ0) is 9.26. The lowest BCUT2D eigenvalue weighted by atomic mass is 10.4. The molecule has 0 aromatic carbocycles. The summed E-state index contributed by atoms with van der Waals surface area (Å²) in [5.41, 5.74) is 5.48. The van der Waals surface area contributed by atoms with Gasteiger partial charge in [-0.2, -0.15) is 0 Å². The molecule has 0 spiro atoms. The number of carbonyl (C=O) groups excluding carboxylic acids is 1. The molecule has 1 aliphatic rings. The van der Waals surface area contributed by atoms with E-state index in [9.17, 15) is 4.79 Å². The molecule has 0 saturated heterocycles. The van der Waals surface area contributed by atoms with Crippen LogP contribution in [0.25, 0.3) is 0 Å². The van der Waals surface area contributed by atoms with Crippen LogP contribution in [0, 0.1) is 0 Å². The van der Waals surface area contributed by atoms with Crippen molar-refractivity contribution in [1.82, 2.24) is 9.97 Å². The summed E-state index contributed by atoms with van der Waals surface area (Å²) in [6.07, 6.45) is 4.24. The van der Waals surface area contributed by atoms with Crippen LogP contribution in [0.2, 0.25) is 0 Å². The van der Waals surface area contributed by atoms with Gasteiger partial charge in [0.2, 0.25) is 6.41 Å². The van der Waals surface area contributed by atoms with Crippen molar-refractivity contribution in [2.75, 3.05) is 10.6 Å². The van der Waals surface area contributed by atoms with Gasteiger partial charge >= 0.3 is 0 Å². The first-order chi connectivity index (χ1) is 6.31. The van der Waals surface area contributed by atoms with E-state index < -0.39 is 0 Å². The summed E-state index contributed by atoms with van der Waals surface area (Å²) in [7, 11) is 0. The number of anilines is 2. The van der Waals surface area contributed by atoms with E-state index in [2.05, 4.69) is 9.97 Å². The number of nitrogens with two attached hydrogens (primary N) is 1. The summed E-state index contributed by atoms with van der Waals surface area (Å²) >= 11 is 0. The molecule has 1 aromatic rings. The zero-order valence-electron chi connectivity index (χ0n) is 7.05. The molecule has 0 bridgehead atoms. The SMILES string of the molecule is Nc1cc(N(C=O)C2CC2)ncn1. The van der Waals surface area contributed by atoms with E-state index in [-0.39, 0.29) is 0 Å². The Bertz CT molecular complexity index is 324. The van der Waals surface area contributed by atoms with Gasteiger partial charge in [-0.05, 0) is 12.8 Å². The van der Waals surface area contributed by atoms with Crippen LogP contribution in [0.5, 0.6) is 0 Å². The standard InChI is InChI=1S/C8H10N4O/c9-7-3-8(11-4-10-7)12(5-13)6-1-2-6/h3-6H,1-2H2,(H2,9,10,11). The average molecular weight is 178 g/mol. The lowest BCUT2D eigenvalue weighted by Gasteiger charge is -2.14. The quantitative estimate of drug-likeness (QED) is 0.670. The summed E-state index contributed by atoms with van der Waals surface area (Å²) in [5, 5.41) is 0. The summed E-state index contributed by atoms with van der Waals surface area (Å²) in [4.78, 5) is 20.1. The number of hydrogen-bond acceptors (Lipinski definition) is 4. The molecule has 13 heavy (non-hydrogen) atoms. The van der Waals surface area contributed by atoms with Gasteiger partial charge in [0.15, 0.2) is 0 Å². The molecule has 2 rings (SSSR count). The summed E-state index contributed by atoms with van der Waals surface area (Å²) in [6, 6.07) is 1.92. The van der Waals surface area contributed by atoms with Gasteiger partial charge < -0.3 is 5.73 Å².